The van der Waals surface area contributed by atoms with Crippen LogP contribution in [0.2, 0.25) is 0 Å². The van der Waals surface area contributed by atoms with Gasteiger partial charge in [0.1, 0.15) is 11.9 Å². The molecule has 0 aliphatic carbocycles. The lowest BCUT2D eigenvalue weighted by molar-refractivity contribution is -0.136. The van der Waals surface area contributed by atoms with E-state index in [-0.39, 0.29) is 24.1 Å². The van der Waals surface area contributed by atoms with Gasteiger partial charge in [-0.3, -0.25) is 19.7 Å². The standard InChI is InChI=1S/C12H14N4O3/c1-16(8-2-3-10(17)15-11(8)18)12(19)7-4-5-14-9(13)6-7/h4-6,8H,2-3H2,1H3,(H2,13,14)(H,15,17,18). The van der Waals surface area contributed by atoms with Crippen molar-refractivity contribution in [1.29, 1.82) is 0 Å². The molecule has 2 heterocycles. The zero-order valence-corrected chi connectivity index (χ0v) is 10.4. The van der Waals surface area contributed by atoms with Crippen molar-refractivity contribution in [2.24, 2.45) is 0 Å². The number of piperidine rings is 1. The molecule has 0 aromatic carbocycles. The first kappa shape index (κ1) is 13.0. The monoisotopic (exact) mass is 262 g/mol. The van der Waals surface area contributed by atoms with Gasteiger partial charge in [-0.25, -0.2) is 4.98 Å². The summed E-state index contributed by atoms with van der Waals surface area (Å²) in [4.78, 5) is 40.1. The topological polar surface area (TPSA) is 105 Å². The average molecular weight is 262 g/mol. The van der Waals surface area contributed by atoms with Crippen molar-refractivity contribution in [2.45, 2.75) is 18.9 Å². The van der Waals surface area contributed by atoms with E-state index in [1.807, 2.05) is 0 Å². The molecule has 1 aromatic rings. The maximum Gasteiger partial charge on any atom is 0.254 e. The fourth-order valence-corrected chi connectivity index (χ4v) is 1.98. The molecule has 0 bridgehead atoms. The SMILES string of the molecule is CN(C(=O)c1ccnc(N)c1)C1CCC(=O)NC1=O. The first-order valence-corrected chi connectivity index (χ1v) is 5.81. The van der Waals surface area contributed by atoms with E-state index in [0.29, 0.717) is 12.0 Å². The number of hydrogen-bond acceptors (Lipinski definition) is 5. The van der Waals surface area contributed by atoms with Crippen molar-refractivity contribution >= 4 is 23.5 Å². The minimum Gasteiger partial charge on any atom is -0.384 e. The first-order chi connectivity index (χ1) is 8.99. The number of amides is 3. The summed E-state index contributed by atoms with van der Waals surface area (Å²) in [6.07, 6.45) is 1.99. The summed E-state index contributed by atoms with van der Waals surface area (Å²) >= 11 is 0. The predicted octanol–water partition coefficient (Wildman–Crippen LogP) is -0.459. The number of imide groups is 1. The first-order valence-electron chi connectivity index (χ1n) is 5.81. The molecule has 7 heteroatoms. The Morgan fingerprint density at radius 2 is 2.26 bits per heavy atom. The van der Waals surface area contributed by atoms with E-state index in [9.17, 15) is 14.4 Å². The van der Waals surface area contributed by atoms with Crippen molar-refractivity contribution in [3.63, 3.8) is 0 Å². The third-order valence-electron chi connectivity index (χ3n) is 3.03. The molecule has 1 fully saturated rings. The molecule has 0 radical (unpaired) electrons. The van der Waals surface area contributed by atoms with Crippen molar-refractivity contribution in [1.82, 2.24) is 15.2 Å². The van der Waals surface area contributed by atoms with E-state index in [0.717, 1.165) is 0 Å². The molecule has 2 rings (SSSR count). The number of likely N-dealkylation sites (N-methyl/N-ethyl adjacent to an activating group) is 1. The summed E-state index contributed by atoms with van der Waals surface area (Å²) in [5.74, 6) is -0.851. The van der Waals surface area contributed by atoms with Crippen molar-refractivity contribution < 1.29 is 14.4 Å². The molecule has 1 aromatic heterocycles. The predicted molar refractivity (Wildman–Crippen MR) is 66.9 cm³/mol. The molecular weight excluding hydrogens is 248 g/mol. The van der Waals surface area contributed by atoms with Gasteiger partial charge in [-0.2, -0.15) is 0 Å². The second-order valence-corrected chi connectivity index (χ2v) is 4.35. The maximum absolute atomic E-state index is 12.2. The lowest BCUT2D eigenvalue weighted by atomic mass is 10.0. The lowest BCUT2D eigenvalue weighted by Crippen LogP contribution is -2.52. The number of aromatic nitrogens is 1. The zero-order chi connectivity index (χ0) is 14.0. The normalized spacial score (nSPS) is 18.9. The van der Waals surface area contributed by atoms with Crippen LogP contribution in [0.3, 0.4) is 0 Å². The van der Waals surface area contributed by atoms with Gasteiger partial charge in [-0.15, -0.1) is 0 Å². The number of rotatable bonds is 2. The summed E-state index contributed by atoms with van der Waals surface area (Å²) in [5, 5.41) is 2.22. The van der Waals surface area contributed by atoms with E-state index >= 15 is 0 Å². The highest BCUT2D eigenvalue weighted by atomic mass is 16.2. The smallest absolute Gasteiger partial charge is 0.254 e. The number of pyridine rings is 1. The maximum atomic E-state index is 12.2. The van der Waals surface area contributed by atoms with Gasteiger partial charge in [-0.05, 0) is 18.6 Å². The molecule has 1 atom stereocenters. The summed E-state index contributed by atoms with van der Waals surface area (Å²) < 4.78 is 0. The van der Waals surface area contributed by atoms with Gasteiger partial charge < -0.3 is 10.6 Å². The number of hydrogen-bond donors (Lipinski definition) is 2. The Labute approximate surface area is 109 Å². The molecule has 0 saturated carbocycles. The molecule has 1 aliphatic rings. The number of anilines is 1. The Morgan fingerprint density at radius 3 is 2.89 bits per heavy atom. The van der Waals surface area contributed by atoms with Crippen LogP contribution in [0.1, 0.15) is 23.2 Å². The summed E-state index contributed by atoms with van der Waals surface area (Å²) in [6.45, 7) is 0. The highest BCUT2D eigenvalue weighted by molar-refractivity contribution is 6.03. The van der Waals surface area contributed by atoms with Crippen LogP contribution in [-0.2, 0) is 9.59 Å². The summed E-state index contributed by atoms with van der Waals surface area (Å²) in [7, 11) is 1.53. The minimum atomic E-state index is -0.639. The van der Waals surface area contributed by atoms with Crippen LogP contribution in [0.25, 0.3) is 0 Å². The van der Waals surface area contributed by atoms with Crippen LogP contribution in [0, 0.1) is 0 Å². The number of nitrogen functional groups attached to an aromatic ring is 1. The second-order valence-electron chi connectivity index (χ2n) is 4.35. The van der Waals surface area contributed by atoms with Gasteiger partial charge in [0, 0.05) is 25.2 Å². The lowest BCUT2D eigenvalue weighted by Gasteiger charge is -2.29. The van der Waals surface area contributed by atoms with Crippen LogP contribution in [0.4, 0.5) is 5.82 Å². The van der Waals surface area contributed by atoms with Crippen LogP contribution in [0.15, 0.2) is 18.3 Å². The van der Waals surface area contributed by atoms with Gasteiger partial charge in [0.2, 0.25) is 11.8 Å². The van der Waals surface area contributed by atoms with E-state index in [2.05, 4.69) is 10.3 Å². The number of carbonyl (C=O) groups is 3. The molecule has 1 unspecified atom stereocenters. The third-order valence-corrected chi connectivity index (χ3v) is 3.03. The molecule has 19 heavy (non-hydrogen) atoms. The zero-order valence-electron chi connectivity index (χ0n) is 10.4. The molecular formula is C12H14N4O3. The molecule has 1 saturated heterocycles. The van der Waals surface area contributed by atoms with Crippen molar-refractivity contribution in [2.75, 3.05) is 12.8 Å². The highest BCUT2D eigenvalue weighted by Gasteiger charge is 2.32. The highest BCUT2D eigenvalue weighted by Crippen LogP contribution is 2.14. The van der Waals surface area contributed by atoms with Gasteiger partial charge in [0.05, 0.1) is 0 Å². The van der Waals surface area contributed by atoms with Gasteiger partial charge in [-0.1, -0.05) is 0 Å². The largest absolute Gasteiger partial charge is 0.384 e. The van der Waals surface area contributed by atoms with Crippen LogP contribution in [0.5, 0.6) is 0 Å². The van der Waals surface area contributed by atoms with Crippen LogP contribution >= 0.6 is 0 Å². The number of nitrogens with two attached hydrogens (primary N) is 1. The Bertz CT molecular complexity index is 544. The number of nitrogens with one attached hydrogen (secondary N) is 1. The van der Waals surface area contributed by atoms with Gasteiger partial charge in [0.15, 0.2) is 0 Å². The molecule has 100 valence electrons. The second kappa shape index (κ2) is 5.05. The van der Waals surface area contributed by atoms with E-state index in [1.165, 1.54) is 30.3 Å². The quantitative estimate of drug-likeness (QED) is 0.702. The Morgan fingerprint density at radius 1 is 1.53 bits per heavy atom. The van der Waals surface area contributed by atoms with Crippen LogP contribution < -0.4 is 11.1 Å². The fraction of sp³-hybridized carbons (Fsp3) is 0.333. The number of carbonyl (C=O) groups excluding carboxylic acids is 3. The van der Waals surface area contributed by atoms with E-state index in [4.69, 9.17) is 5.73 Å². The number of nitrogens with zero attached hydrogens (tertiary/aromatic N) is 2. The fourth-order valence-electron chi connectivity index (χ4n) is 1.98. The molecule has 3 amide bonds. The average Bonchev–Trinajstić information content (AvgIpc) is 2.37. The minimum absolute atomic E-state index is 0.229. The van der Waals surface area contributed by atoms with Crippen molar-refractivity contribution in [3.05, 3.63) is 23.9 Å². The Hall–Kier alpha value is -2.44. The van der Waals surface area contributed by atoms with Gasteiger partial charge in [0.25, 0.3) is 5.91 Å². The van der Waals surface area contributed by atoms with Crippen molar-refractivity contribution in [3.8, 4) is 0 Å². The van der Waals surface area contributed by atoms with E-state index in [1.54, 1.807) is 0 Å². The molecule has 7 nitrogen and oxygen atoms in total. The summed E-state index contributed by atoms with van der Waals surface area (Å²) in [6, 6.07) is 2.34. The van der Waals surface area contributed by atoms with Gasteiger partial charge >= 0.3 is 0 Å². The third kappa shape index (κ3) is 2.70. The molecule has 1 aliphatic heterocycles. The van der Waals surface area contributed by atoms with Crippen LogP contribution in [-0.4, -0.2) is 40.7 Å². The Kier molecular flexibility index (Phi) is 3.46. The Balaban J connectivity index is 2.15. The summed E-state index contributed by atoms with van der Waals surface area (Å²) in [5.41, 5.74) is 5.88. The molecule has 3 N–H and O–H groups in total. The molecule has 0 spiro atoms. The van der Waals surface area contributed by atoms with E-state index < -0.39 is 11.9 Å².